The molecule has 0 aromatic carbocycles. The summed E-state index contributed by atoms with van der Waals surface area (Å²) in [7, 11) is 2.08. The van der Waals surface area contributed by atoms with E-state index in [2.05, 4.69) is 38.1 Å². The lowest BCUT2D eigenvalue weighted by Crippen LogP contribution is -2.44. The van der Waals surface area contributed by atoms with E-state index in [0.717, 1.165) is 48.8 Å². The van der Waals surface area contributed by atoms with Gasteiger partial charge in [0.1, 0.15) is 6.07 Å². The van der Waals surface area contributed by atoms with E-state index in [9.17, 15) is 5.26 Å². The van der Waals surface area contributed by atoms with E-state index in [0.29, 0.717) is 11.6 Å². The predicted octanol–water partition coefficient (Wildman–Crippen LogP) is 2.47. The van der Waals surface area contributed by atoms with Crippen molar-refractivity contribution in [3.63, 3.8) is 0 Å². The second-order valence-corrected chi connectivity index (χ2v) is 6.27. The van der Waals surface area contributed by atoms with Gasteiger partial charge < -0.3 is 9.80 Å². The molecule has 0 atom stereocenters. The highest BCUT2D eigenvalue weighted by atomic mass is 15.3. The van der Waals surface area contributed by atoms with Crippen LogP contribution in [-0.4, -0.2) is 41.4 Å². The van der Waals surface area contributed by atoms with Crippen molar-refractivity contribution in [1.29, 1.82) is 5.26 Å². The van der Waals surface area contributed by atoms with Gasteiger partial charge in [-0.2, -0.15) is 10.4 Å². The zero-order valence-corrected chi connectivity index (χ0v) is 14.4. The largest absolute Gasteiger partial charge is 0.370 e. The Kier molecular flexibility index (Phi) is 4.61. The van der Waals surface area contributed by atoms with Crippen LogP contribution in [0.1, 0.15) is 29.8 Å². The summed E-state index contributed by atoms with van der Waals surface area (Å²) in [6, 6.07) is 8.68. The monoisotopic (exact) mass is 322 g/mol. The van der Waals surface area contributed by atoms with Crippen LogP contribution < -0.4 is 9.80 Å². The molecule has 1 aliphatic rings. The van der Waals surface area contributed by atoms with Gasteiger partial charge in [0.05, 0.1) is 16.9 Å². The highest BCUT2D eigenvalue weighted by molar-refractivity contribution is 5.62. The van der Waals surface area contributed by atoms with Crippen molar-refractivity contribution in [2.24, 2.45) is 0 Å². The van der Waals surface area contributed by atoms with E-state index >= 15 is 0 Å². The minimum atomic E-state index is 0.438. The quantitative estimate of drug-likeness (QED) is 0.864. The summed E-state index contributed by atoms with van der Waals surface area (Å²) in [4.78, 5) is 8.92. The molecule has 1 saturated heterocycles. The number of aryl methyl sites for hydroxylation is 2. The van der Waals surface area contributed by atoms with Crippen molar-refractivity contribution in [1.82, 2.24) is 15.2 Å². The Morgan fingerprint density at radius 3 is 2.67 bits per heavy atom. The van der Waals surface area contributed by atoms with Crippen molar-refractivity contribution in [3.8, 4) is 6.07 Å². The maximum atomic E-state index is 9.47. The van der Waals surface area contributed by atoms with E-state index in [1.54, 1.807) is 6.20 Å². The topological polar surface area (TPSA) is 68.9 Å². The Balaban J connectivity index is 1.73. The first-order valence-electron chi connectivity index (χ1n) is 8.24. The third-order valence-corrected chi connectivity index (χ3v) is 4.69. The van der Waals surface area contributed by atoms with Gasteiger partial charge in [0.2, 0.25) is 0 Å². The molecule has 2 aromatic heterocycles. The molecule has 0 saturated carbocycles. The average molecular weight is 322 g/mol. The average Bonchev–Trinajstić information content (AvgIpc) is 2.61. The van der Waals surface area contributed by atoms with Crippen molar-refractivity contribution < 1.29 is 0 Å². The van der Waals surface area contributed by atoms with Crippen LogP contribution in [0.4, 0.5) is 11.5 Å². The molecule has 1 fully saturated rings. The lowest BCUT2D eigenvalue weighted by atomic mass is 10.0. The van der Waals surface area contributed by atoms with Gasteiger partial charge in [0, 0.05) is 38.1 Å². The number of nitriles is 1. The summed E-state index contributed by atoms with van der Waals surface area (Å²) in [5.41, 5.74) is 3.48. The van der Waals surface area contributed by atoms with Crippen LogP contribution in [0.3, 0.4) is 0 Å². The molecular weight excluding hydrogens is 300 g/mol. The van der Waals surface area contributed by atoms with Gasteiger partial charge in [0.25, 0.3) is 0 Å². The molecule has 124 valence electrons. The van der Waals surface area contributed by atoms with Crippen molar-refractivity contribution in [2.75, 3.05) is 29.9 Å². The van der Waals surface area contributed by atoms with Gasteiger partial charge in [-0.1, -0.05) is 0 Å². The molecule has 0 aliphatic carbocycles. The standard InChI is InChI=1S/C18H22N6/c1-13-11-17(16(12-19)14(2)21-13)24-9-6-15(7-10-24)23(3)18-5-4-8-20-22-18/h4-5,8,11,15H,6-7,9-10H2,1-3H3. The molecule has 6 nitrogen and oxygen atoms in total. The number of piperidine rings is 1. The minimum absolute atomic E-state index is 0.438. The first-order chi connectivity index (χ1) is 11.6. The molecule has 0 bridgehead atoms. The molecule has 0 unspecified atom stereocenters. The third-order valence-electron chi connectivity index (χ3n) is 4.69. The minimum Gasteiger partial charge on any atom is -0.370 e. The Morgan fingerprint density at radius 2 is 2.04 bits per heavy atom. The molecule has 0 amide bonds. The van der Waals surface area contributed by atoms with Crippen LogP contribution in [0.15, 0.2) is 24.4 Å². The fourth-order valence-electron chi connectivity index (χ4n) is 3.36. The first kappa shape index (κ1) is 16.2. The maximum absolute atomic E-state index is 9.47. The second kappa shape index (κ2) is 6.83. The molecule has 3 heterocycles. The molecular formula is C18H22N6. The normalized spacial score (nSPS) is 15.2. The number of aromatic nitrogens is 3. The van der Waals surface area contributed by atoms with Gasteiger partial charge in [-0.15, -0.1) is 5.10 Å². The summed E-state index contributed by atoms with van der Waals surface area (Å²) in [5, 5.41) is 17.6. The van der Waals surface area contributed by atoms with Crippen molar-refractivity contribution >= 4 is 11.5 Å². The summed E-state index contributed by atoms with van der Waals surface area (Å²) in [5.74, 6) is 0.907. The number of hydrogen-bond donors (Lipinski definition) is 0. The maximum Gasteiger partial charge on any atom is 0.151 e. The Hall–Kier alpha value is -2.68. The molecule has 6 heteroatoms. The molecule has 0 spiro atoms. The highest BCUT2D eigenvalue weighted by Crippen LogP contribution is 2.28. The Bertz CT molecular complexity index is 744. The summed E-state index contributed by atoms with van der Waals surface area (Å²) >= 11 is 0. The number of anilines is 2. The van der Waals surface area contributed by atoms with Crippen LogP contribution in [-0.2, 0) is 0 Å². The molecule has 0 N–H and O–H groups in total. The Morgan fingerprint density at radius 1 is 1.29 bits per heavy atom. The van der Waals surface area contributed by atoms with E-state index in [4.69, 9.17) is 0 Å². The lowest BCUT2D eigenvalue weighted by Gasteiger charge is -2.38. The SMILES string of the molecule is Cc1cc(N2CCC(N(C)c3cccnn3)CC2)c(C#N)c(C)n1. The van der Waals surface area contributed by atoms with Crippen molar-refractivity contribution in [2.45, 2.75) is 32.7 Å². The van der Waals surface area contributed by atoms with Gasteiger partial charge in [-0.3, -0.25) is 4.98 Å². The van der Waals surface area contributed by atoms with Crippen LogP contribution in [0.5, 0.6) is 0 Å². The third kappa shape index (κ3) is 3.16. The van der Waals surface area contributed by atoms with E-state index in [1.165, 1.54) is 0 Å². The van der Waals surface area contributed by atoms with Crippen molar-refractivity contribution in [3.05, 3.63) is 41.3 Å². The van der Waals surface area contributed by atoms with E-state index in [-0.39, 0.29) is 0 Å². The first-order valence-corrected chi connectivity index (χ1v) is 8.24. The van der Waals surface area contributed by atoms with Gasteiger partial charge in [-0.05, 0) is 44.9 Å². The zero-order chi connectivity index (χ0) is 17.1. The van der Waals surface area contributed by atoms with E-state index in [1.807, 2.05) is 32.0 Å². The highest BCUT2D eigenvalue weighted by Gasteiger charge is 2.25. The Labute approximate surface area is 142 Å². The van der Waals surface area contributed by atoms with Crippen LogP contribution in [0.25, 0.3) is 0 Å². The zero-order valence-electron chi connectivity index (χ0n) is 14.4. The summed E-state index contributed by atoms with van der Waals surface area (Å²) in [6.45, 7) is 5.73. The predicted molar refractivity (Wildman–Crippen MR) is 94.1 cm³/mol. The second-order valence-electron chi connectivity index (χ2n) is 6.27. The van der Waals surface area contributed by atoms with Crippen LogP contribution in [0, 0.1) is 25.2 Å². The number of nitrogens with zero attached hydrogens (tertiary/aromatic N) is 6. The number of hydrogen-bond acceptors (Lipinski definition) is 6. The molecule has 24 heavy (non-hydrogen) atoms. The van der Waals surface area contributed by atoms with Crippen LogP contribution >= 0.6 is 0 Å². The van der Waals surface area contributed by atoms with Gasteiger partial charge in [0.15, 0.2) is 5.82 Å². The van der Waals surface area contributed by atoms with Gasteiger partial charge >= 0.3 is 0 Å². The van der Waals surface area contributed by atoms with Crippen LogP contribution in [0.2, 0.25) is 0 Å². The smallest absolute Gasteiger partial charge is 0.151 e. The fourth-order valence-corrected chi connectivity index (χ4v) is 3.36. The lowest BCUT2D eigenvalue weighted by molar-refractivity contribution is 0.479. The molecule has 0 radical (unpaired) electrons. The molecule has 2 aromatic rings. The molecule has 3 rings (SSSR count). The summed E-state index contributed by atoms with van der Waals surface area (Å²) in [6.07, 6.45) is 3.74. The van der Waals surface area contributed by atoms with E-state index < -0.39 is 0 Å². The fraction of sp³-hybridized carbons (Fsp3) is 0.444. The number of rotatable bonds is 3. The number of pyridine rings is 1. The molecule has 1 aliphatic heterocycles. The summed E-state index contributed by atoms with van der Waals surface area (Å²) < 4.78 is 0. The van der Waals surface area contributed by atoms with Gasteiger partial charge in [-0.25, -0.2) is 0 Å².